The predicted octanol–water partition coefficient (Wildman–Crippen LogP) is 3.33. The summed E-state index contributed by atoms with van der Waals surface area (Å²) in [5.41, 5.74) is 1.65. The largest absolute Gasteiger partial charge is 0.493 e. The van der Waals surface area contributed by atoms with Crippen molar-refractivity contribution in [3.8, 4) is 22.8 Å². The second-order valence-electron chi connectivity index (χ2n) is 7.08. The third kappa shape index (κ3) is 7.06. The molecule has 1 heterocycles. The van der Waals surface area contributed by atoms with Crippen LogP contribution in [0.1, 0.15) is 17.9 Å². The molecule has 174 valence electrons. The van der Waals surface area contributed by atoms with Crippen molar-refractivity contribution in [3.63, 3.8) is 0 Å². The molecule has 0 fully saturated rings. The molecule has 0 atom stereocenters. The summed E-state index contributed by atoms with van der Waals surface area (Å²) in [6, 6.07) is 11.3. The Bertz CT molecular complexity index is 1080. The second kappa shape index (κ2) is 11.7. The number of ether oxygens (including phenoxy) is 3. The zero-order valence-electron chi connectivity index (χ0n) is 18.4. The van der Waals surface area contributed by atoms with Crippen LogP contribution >= 0.6 is 0 Å². The van der Waals surface area contributed by atoms with Gasteiger partial charge >= 0.3 is 5.97 Å². The minimum atomic E-state index is -0.536. The van der Waals surface area contributed by atoms with Crippen molar-refractivity contribution in [2.24, 2.45) is 0 Å². The summed E-state index contributed by atoms with van der Waals surface area (Å²) in [7, 11) is 3.12. The van der Waals surface area contributed by atoms with E-state index in [0.717, 1.165) is 5.56 Å². The third-order valence-electron chi connectivity index (χ3n) is 4.77. The van der Waals surface area contributed by atoms with Gasteiger partial charge in [-0.15, -0.1) is 0 Å². The van der Waals surface area contributed by atoms with Crippen LogP contribution in [0, 0.1) is 5.82 Å². The number of carbonyl (C=O) groups is 2. The molecule has 2 aromatic carbocycles. The Balaban J connectivity index is 1.35. The Kier molecular flexibility index (Phi) is 8.40. The lowest BCUT2D eigenvalue weighted by atomic mass is 10.1. The molecule has 1 aromatic heterocycles. The molecule has 0 aliphatic heterocycles. The van der Waals surface area contributed by atoms with E-state index >= 15 is 0 Å². The van der Waals surface area contributed by atoms with E-state index in [0.29, 0.717) is 41.7 Å². The van der Waals surface area contributed by atoms with Crippen molar-refractivity contribution >= 4 is 11.9 Å². The molecule has 0 unspecified atom stereocenters. The van der Waals surface area contributed by atoms with Gasteiger partial charge in [0.15, 0.2) is 29.8 Å². The highest BCUT2D eigenvalue weighted by atomic mass is 19.1. The van der Waals surface area contributed by atoms with Gasteiger partial charge in [-0.1, -0.05) is 6.07 Å². The number of rotatable bonds is 11. The normalized spacial score (nSPS) is 10.5. The van der Waals surface area contributed by atoms with Gasteiger partial charge in [-0.05, 0) is 48.4 Å². The maximum absolute atomic E-state index is 13.0. The van der Waals surface area contributed by atoms with E-state index in [-0.39, 0.29) is 25.3 Å². The molecule has 0 aliphatic rings. The Hall–Kier alpha value is -3.88. The highest BCUT2D eigenvalue weighted by Crippen LogP contribution is 2.27. The number of benzene rings is 2. The molecule has 33 heavy (non-hydrogen) atoms. The number of carbonyl (C=O) groups excluding carboxylic acids is 2. The van der Waals surface area contributed by atoms with Gasteiger partial charge in [0.25, 0.3) is 5.91 Å². The number of oxazole rings is 1. The van der Waals surface area contributed by atoms with Crippen molar-refractivity contribution in [3.05, 3.63) is 65.9 Å². The highest BCUT2D eigenvalue weighted by molar-refractivity contribution is 5.80. The summed E-state index contributed by atoms with van der Waals surface area (Å²) in [5, 5.41) is 2.71. The summed E-state index contributed by atoms with van der Waals surface area (Å²) in [5.74, 6) is 0.814. The number of nitrogens with zero attached hydrogens (tertiary/aromatic N) is 1. The molecule has 0 saturated heterocycles. The first-order valence-electron chi connectivity index (χ1n) is 10.3. The molecule has 1 N–H and O–H groups in total. The summed E-state index contributed by atoms with van der Waals surface area (Å²) >= 11 is 0. The van der Waals surface area contributed by atoms with Crippen molar-refractivity contribution in [1.29, 1.82) is 0 Å². The molecule has 0 aliphatic carbocycles. The predicted molar refractivity (Wildman–Crippen MR) is 117 cm³/mol. The fourth-order valence-corrected chi connectivity index (χ4v) is 3.03. The Morgan fingerprint density at radius 3 is 2.52 bits per heavy atom. The van der Waals surface area contributed by atoms with E-state index in [4.69, 9.17) is 18.6 Å². The minimum Gasteiger partial charge on any atom is -0.493 e. The van der Waals surface area contributed by atoms with Gasteiger partial charge in [0.05, 0.1) is 26.8 Å². The highest BCUT2D eigenvalue weighted by Gasteiger charge is 2.12. The van der Waals surface area contributed by atoms with Crippen LogP contribution in [0.4, 0.5) is 4.39 Å². The van der Waals surface area contributed by atoms with Crippen LogP contribution < -0.4 is 14.8 Å². The van der Waals surface area contributed by atoms with E-state index in [1.54, 1.807) is 32.4 Å². The first kappa shape index (κ1) is 23.8. The van der Waals surface area contributed by atoms with E-state index in [1.165, 1.54) is 18.3 Å². The fraction of sp³-hybridized carbons (Fsp3) is 0.292. The summed E-state index contributed by atoms with van der Waals surface area (Å²) in [4.78, 5) is 28.0. The number of hydrogen-bond donors (Lipinski definition) is 1. The average molecular weight is 456 g/mol. The summed E-state index contributed by atoms with van der Waals surface area (Å²) in [6.07, 6.45) is 2.34. The minimum absolute atomic E-state index is 0.0162. The number of esters is 1. The lowest BCUT2D eigenvalue weighted by molar-refractivity contribution is -0.148. The topological polar surface area (TPSA) is 99.9 Å². The second-order valence-corrected chi connectivity index (χ2v) is 7.08. The van der Waals surface area contributed by atoms with Crippen LogP contribution in [0.15, 0.2) is 53.1 Å². The van der Waals surface area contributed by atoms with Crippen LogP contribution in [0.5, 0.6) is 11.5 Å². The monoisotopic (exact) mass is 456 g/mol. The molecule has 0 radical (unpaired) electrons. The number of aryl methyl sites for hydroxylation is 1. The van der Waals surface area contributed by atoms with E-state index in [1.807, 2.05) is 12.1 Å². The summed E-state index contributed by atoms with van der Waals surface area (Å²) < 4.78 is 34.0. The van der Waals surface area contributed by atoms with Crippen LogP contribution in [-0.4, -0.2) is 44.2 Å². The molecule has 8 nitrogen and oxygen atoms in total. The number of hydrogen-bond acceptors (Lipinski definition) is 7. The number of methoxy groups -OCH3 is 2. The molecule has 3 aromatic rings. The number of nitrogens with one attached hydrogen (secondary N) is 1. The van der Waals surface area contributed by atoms with Crippen LogP contribution in [-0.2, 0) is 27.2 Å². The van der Waals surface area contributed by atoms with Gasteiger partial charge in [0, 0.05) is 18.5 Å². The van der Waals surface area contributed by atoms with Crippen LogP contribution in [0.3, 0.4) is 0 Å². The summed E-state index contributed by atoms with van der Waals surface area (Å²) in [6.45, 7) is 0.0194. The lowest BCUT2D eigenvalue weighted by Gasteiger charge is -2.10. The third-order valence-corrected chi connectivity index (χ3v) is 4.77. The SMILES string of the molecule is COc1ccc(CCNC(=O)COC(=O)CCc2ncc(-c3ccc(F)cc3)o2)cc1OC. The number of halogens is 1. The van der Waals surface area contributed by atoms with Crippen molar-refractivity contribution in [2.45, 2.75) is 19.3 Å². The van der Waals surface area contributed by atoms with Crippen LogP contribution in [0.2, 0.25) is 0 Å². The first-order chi connectivity index (χ1) is 16.0. The molecular weight excluding hydrogens is 431 g/mol. The maximum atomic E-state index is 13.0. The molecule has 9 heteroatoms. The average Bonchev–Trinajstić information content (AvgIpc) is 3.30. The van der Waals surface area contributed by atoms with Crippen molar-refractivity contribution in [2.75, 3.05) is 27.4 Å². The van der Waals surface area contributed by atoms with Crippen molar-refractivity contribution in [1.82, 2.24) is 10.3 Å². The van der Waals surface area contributed by atoms with Gasteiger partial charge in [-0.3, -0.25) is 9.59 Å². The fourth-order valence-electron chi connectivity index (χ4n) is 3.03. The van der Waals surface area contributed by atoms with Gasteiger partial charge in [-0.2, -0.15) is 0 Å². The first-order valence-corrected chi connectivity index (χ1v) is 10.3. The zero-order valence-corrected chi connectivity index (χ0v) is 18.4. The standard InChI is InChI=1S/C24H25FN2O6/c1-30-19-8-3-16(13-20(19)31-2)11-12-26-22(28)15-32-24(29)10-9-23-27-14-21(33-23)17-4-6-18(25)7-5-17/h3-8,13-14H,9-12,15H2,1-2H3,(H,26,28). The Morgan fingerprint density at radius 1 is 1.03 bits per heavy atom. The van der Waals surface area contributed by atoms with Gasteiger partial charge in [-0.25, -0.2) is 9.37 Å². The molecule has 3 rings (SSSR count). The van der Waals surface area contributed by atoms with Gasteiger partial charge in [0.2, 0.25) is 0 Å². The van der Waals surface area contributed by atoms with Crippen molar-refractivity contribution < 1.29 is 32.6 Å². The van der Waals surface area contributed by atoms with Gasteiger partial charge < -0.3 is 23.9 Å². The van der Waals surface area contributed by atoms with E-state index in [9.17, 15) is 14.0 Å². The quantitative estimate of drug-likeness (QED) is 0.442. The number of amides is 1. The molecule has 0 spiro atoms. The number of aromatic nitrogens is 1. The smallest absolute Gasteiger partial charge is 0.306 e. The molecule has 1 amide bonds. The molecule has 0 saturated carbocycles. The Morgan fingerprint density at radius 2 is 1.79 bits per heavy atom. The zero-order chi connectivity index (χ0) is 23.6. The molecular formula is C24H25FN2O6. The molecule has 0 bridgehead atoms. The Labute approximate surface area is 190 Å². The lowest BCUT2D eigenvalue weighted by Crippen LogP contribution is -2.30. The van der Waals surface area contributed by atoms with E-state index < -0.39 is 11.9 Å². The van der Waals surface area contributed by atoms with Crippen LogP contribution in [0.25, 0.3) is 11.3 Å². The van der Waals surface area contributed by atoms with E-state index in [2.05, 4.69) is 10.3 Å². The maximum Gasteiger partial charge on any atom is 0.306 e. The van der Waals surface area contributed by atoms with Gasteiger partial charge in [0.1, 0.15) is 5.82 Å².